The summed E-state index contributed by atoms with van der Waals surface area (Å²) in [5.41, 5.74) is -1.78. The average Bonchev–Trinajstić information content (AvgIpc) is 3.01. The lowest BCUT2D eigenvalue weighted by Gasteiger charge is -2.47. The van der Waals surface area contributed by atoms with Gasteiger partial charge in [0.25, 0.3) is 0 Å². The van der Waals surface area contributed by atoms with Crippen LogP contribution in [0.1, 0.15) is 82.5 Å². The molecular weight excluding hydrogens is 410 g/mol. The molecule has 0 unspecified atom stereocenters. The van der Waals surface area contributed by atoms with E-state index in [4.69, 9.17) is 14.6 Å². The molecule has 1 aromatic rings. The molecule has 0 aliphatic heterocycles. The van der Waals surface area contributed by atoms with E-state index >= 15 is 0 Å². The summed E-state index contributed by atoms with van der Waals surface area (Å²) in [4.78, 5) is 37.5. The number of carboxylic acids is 1. The average molecular weight is 442 g/mol. The number of aromatic nitrogens is 2. The Hall–Kier alpha value is -2.23. The highest BCUT2D eigenvalue weighted by Gasteiger charge is 2.48. The van der Waals surface area contributed by atoms with Crippen molar-refractivity contribution in [1.29, 1.82) is 0 Å². The number of hydrogen-bond donors (Lipinski definition) is 1. The molecule has 1 aliphatic carbocycles. The Bertz CT molecular complexity index is 774. The molecule has 0 saturated heterocycles. The van der Waals surface area contributed by atoms with Gasteiger partial charge in [-0.1, -0.05) is 18.3 Å². The maximum atomic E-state index is 12.7. The van der Waals surface area contributed by atoms with Gasteiger partial charge in [-0.25, -0.2) is 19.3 Å². The summed E-state index contributed by atoms with van der Waals surface area (Å²) in [5.74, 6) is -1.07. The van der Waals surface area contributed by atoms with Crippen molar-refractivity contribution in [2.45, 2.75) is 84.3 Å². The molecule has 2 rings (SSSR count). The SMILES string of the molecule is CCC1(c2nnc(C(=O)O)s2)CC(CN(C(=O)OC(C)(C)C)C(=O)OC(C)(C)C)C1. The summed E-state index contributed by atoms with van der Waals surface area (Å²) in [6.07, 6.45) is 0.612. The van der Waals surface area contributed by atoms with Crippen molar-refractivity contribution in [2.75, 3.05) is 6.54 Å². The monoisotopic (exact) mass is 441 g/mol. The zero-order valence-electron chi connectivity index (χ0n) is 18.6. The van der Waals surface area contributed by atoms with E-state index in [0.717, 1.165) is 22.7 Å². The first-order valence-electron chi connectivity index (χ1n) is 9.96. The number of nitrogens with zero attached hydrogens (tertiary/aromatic N) is 3. The lowest BCUT2D eigenvalue weighted by molar-refractivity contribution is -0.00895. The summed E-state index contributed by atoms with van der Waals surface area (Å²) in [6, 6.07) is 0. The van der Waals surface area contributed by atoms with Crippen LogP contribution in [0, 0.1) is 5.92 Å². The molecule has 1 saturated carbocycles. The maximum absolute atomic E-state index is 12.7. The number of ether oxygens (including phenoxy) is 2. The Labute approximate surface area is 180 Å². The van der Waals surface area contributed by atoms with Gasteiger partial charge in [0.05, 0.1) is 0 Å². The van der Waals surface area contributed by atoms with Gasteiger partial charge >= 0.3 is 18.2 Å². The van der Waals surface area contributed by atoms with E-state index < -0.39 is 29.4 Å². The minimum absolute atomic E-state index is 0.0298. The van der Waals surface area contributed by atoms with Gasteiger partial charge in [0, 0.05) is 12.0 Å². The zero-order chi connectivity index (χ0) is 22.9. The lowest BCUT2D eigenvalue weighted by Crippen LogP contribution is -2.50. The van der Waals surface area contributed by atoms with Crippen molar-refractivity contribution in [3.05, 3.63) is 10.0 Å². The minimum Gasteiger partial charge on any atom is -0.476 e. The molecular formula is C20H31N3O6S. The van der Waals surface area contributed by atoms with Crippen LogP contribution in [-0.4, -0.2) is 56.1 Å². The number of imide groups is 1. The number of aromatic carboxylic acids is 1. The van der Waals surface area contributed by atoms with Gasteiger partial charge < -0.3 is 14.6 Å². The second-order valence-corrected chi connectivity index (χ2v) is 10.7. The summed E-state index contributed by atoms with van der Waals surface area (Å²) >= 11 is 1.08. The number of carbonyl (C=O) groups is 3. The van der Waals surface area contributed by atoms with Crippen LogP contribution in [0.25, 0.3) is 0 Å². The summed E-state index contributed by atoms with van der Waals surface area (Å²) in [6.45, 7) is 12.6. The predicted octanol–water partition coefficient (Wildman–Crippen LogP) is 4.47. The van der Waals surface area contributed by atoms with E-state index in [1.54, 1.807) is 41.5 Å². The molecule has 1 fully saturated rings. The first-order chi connectivity index (χ1) is 13.7. The highest BCUT2D eigenvalue weighted by atomic mass is 32.1. The van der Waals surface area contributed by atoms with E-state index in [2.05, 4.69) is 10.2 Å². The topological polar surface area (TPSA) is 119 Å². The molecule has 1 aliphatic rings. The second-order valence-electron chi connectivity index (χ2n) is 9.70. The van der Waals surface area contributed by atoms with E-state index in [9.17, 15) is 14.4 Å². The molecule has 168 valence electrons. The molecule has 1 aromatic heterocycles. The number of amides is 2. The van der Waals surface area contributed by atoms with Crippen molar-refractivity contribution in [2.24, 2.45) is 5.92 Å². The Morgan fingerprint density at radius 2 is 1.57 bits per heavy atom. The van der Waals surface area contributed by atoms with Gasteiger partial charge in [0.15, 0.2) is 0 Å². The Balaban J connectivity index is 2.13. The fourth-order valence-electron chi connectivity index (χ4n) is 3.43. The number of hydrogen-bond acceptors (Lipinski definition) is 8. The number of carbonyl (C=O) groups excluding carboxylic acids is 2. The van der Waals surface area contributed by atoms with Gasteiger partial charge in [-0.15, -0.1) is 10.2 Å². The molecule has 0 aromatic carbocycles. The molecule has 10 heteroatoms. The number of carboxylic acid groups (broad SMARTS) is 1. The van der Waals surface area contributed by atoms with E-state index in [1.807, 2.05) is 6.92 Å². The molecule has 30 heavy (non-hydrogen) atoms. The predicted molar refractivity (Wildman–Crippen MR) is 111 cm³/mol. The third kappa shape index (κ3) is 5.90. The van der Waals surface area contributed by atoms with Gasteiger partial charge in [0.1, 0.15) is 16.2 Å². The van der Waals surface area contributed by atoms with Crippen molar-refractivity contribution < 1.29 is 29.0 Å². The molecule has 1 heterocycles. The maximum Gasteiger partial charge on any atom is 0.419 e. The van der Waals surface area contributed by atoms with Crippen LogP contribution in [-0.2, 0) is 14.9 Å². The quantitative estimate of drug-likeness (QED) is 0.711. The third-order valence-electron chi connectivity index (χ3n) is 4.77. The van der Waals surface area contributed by atoms with Crippen LogP contribution >= 0.6 is 11.3 Å². The molecule has 1 N–H and O–H groups in total. The van der Waals surface area contributed by atoms with Gasteiger partial charge in [-0.05, 0) is 66.7 Å². The molecule has 0 atom stereocenters. The Kier molecular flexibility index (Phi) is 6.80. The standard InChI is InChI=1S/C20H31N3O6S/c1-8-20(15-22-21-13(30-15)14(24)25)9-12(10-20)11-23(16(26)28-18(2,3)4)17(27)29-19(5,6)7/h12H,8-11H2,1-7H3,(H,24,25). The fourth-order valence-corrected chi connectivity index (χ4v) is 4.39. The lowest BCUT2D eigenvalue weighted by atomic mass is 9.61. The van der Waals surface area contributed by atoms with E-state index in [0.29, 0.717) is 17.8 Å². The smallest absolute Gasteiger partial charge is 0.419 e. The Morgan fingerprint density at radius 1 is 1.07 bits per heavy atom. The molecule has 0 bridgehead atoms. The first-order valence-corrected chi connectivity index (χ1v) is 10.8. The molecule has 0 spiro atoms. The number of rotatable bonds is 5. The van der Waals surface area contributed by atoms with Crippen LogP contribution in [0.3, 0.4) is 0 Å². The van der Waals surface area contributed by atoms with Crippen molar-refractivity contribution >= 4 is 29.5 Å². The van der Waals surface area contributed by atoms with Gasteiger partial charge in [-0.2, -0.15) is 0 Å². The van der Waals surface area contributed by atoms with Gasteiger partial charge in [0.2, 0.25) is 5.01 Å². The first kappa shape index (κ1) is 24.0. The highest BCUT2D eigenvalue weighted by Crippen LogP contribution is 2.51. The highest BCUT2D eigenvalue weighted by molar-refractivity contribution is 7.13. The van der Waals surface area contributed by atoms with Gasteiger partial charge in [-0.3, -0.25) is 0 Å². The van der Waals surface area contributed by atoms with Crippen molar-refractivity contribution in [3.63, 3.8) is 0 Å². The molecule has 2 amide bonds. The van der Waals surface area contributed by atoms with Crippen LogP contribution in [0.2, 0.25) is 0 Å². The van der Waals surface area contributed by atoms with Crippen LogP contribution < -0.4 is 0 Å². The van der Waals surface area contributed by atoms with Crippen molar-refractivity contribution in [3.8, 4) is 0 Å². The normalized spacial score (nSPS) is 21.5. The summed E-state index contributed by atoms with van der Waals surface area (Å²) in [7, 11) is 0. The van der Waals surface area contributed by atoms with Crippen LogP contribution in [0.5, 0.6) is 0 Å². The zero-order valence-corrected chi connectivity index (χ0v) is 19.5. The van der Waals surface area contributed by atoms with E-state index in [-0.39, 0.29) is 22.9 Å². The summed E-state index contributed by atoms with van der Waals surface area (Å²) < 4.78 is 10.8. The molecule has 9 nitrogen and oxygen atoms in total. The fraction of sp³-hybridized carbons (Fsp3) is 0.750. The van der Waals surface area contributed by atoms with Crippen molar-refractivity contribution in [1.82, 2.24) is 15.1 Å². The largest absolute Gasteiger partial charge is 0.476 e. The molecule has 0 radical (unpaired) electrons. The third-order valence-corrected chi connectivity index (χ3v) is 5.92. The minimum atomic E-state index is -1.10. The van der Waals surface area contributed by atoms with E-state index in [1.165, 1.54) is 0 Å². The van der Waals surface area contributed by atoms with Crippen LogP contribution in [0.15, 0.2) is 0 Å². The summed E-state index contributed by atoms with van der Waals surface area (Å²) in [5, 5.41) is 17.6. The second kappa shape index (κ2) is 8.49. The Morgan fingerprint density at radius 3 is 1.93 bits per heavy atom. The van der Waals surface area contributed by atoms with Crippen LogP contribution in [0.4, 0.5) is 9.59 Å².